The summed E-state index contributed by atoms with van der Waals surface area (Å²) < 4.78 is 32.8. The number of carbonyl (C=O) groups is 1. The topological polar surface area (TPSA) is 125 Å². The summed E-state index contributed by atoms with van der Waals surface area (Å²) in [6, 6.07) is 5.80. The van der Waals surface area contributed by atoms with Crippen LogP contribution in [0.1, 0.15) is 25.0 Å². The summed E-state index contributed by atoms with van der Waals surface area (Å²) in [6.45, 7) is 0.191. The van der Waals surface area contributed by atoms with Crippen LogP contribution in [-0.2, 0) is 21.4 Å². The van der Waals surface area contributed by atoms with Crippen LogP contribution in [0.3, 0.4) is 0 Å². The van der Waals surface area contributed by atoms with Crippen molar-refractivity contribution in [2.45, 2.75) is 36.7 Å². The van der Waals surface area contributed by atoms with Gasteiger partial charge in [-0.15, -0.1) is 9.50 Å². The van der Waals surface area contributed by atoms with Crippen molar-refractivity contribution in [2.24, 2.45) is 10.3 Å². The maximum absolute atomic E-state index is 13.2. The number of anilines is 1. The number of benzene rings is 1. The zero-order valence-corrected chi connectivity index (χ0v) is 16.8. The van der Waals surface area contributed by atoms with Gasteiger partial charge >= 0.3 is 0 Å². The molecular formula is C18H17N5O4S2. The number of hydrogen-bond donors (Lipinski definition) is 2. The highest BCUT2D eigenvalue weighted by Crippen LogP contribution is 2.40. The predicted molar refractivity (Wildman–Crippen MR) is 106 cm³/mol. The first kappa shape index (κ1) is 18.3. The number of fused-ring (bicyclic) bond motifs is 1. The van der Waals surface area contributed by atoms with Crippen molar-refractivity contribution in [2.75, 3.05) is 5.32 Å². The maximum atomic E-state index is 13.2. The van der Waals surface area contributed by atoms with Gasteiger partial charge in [0.25, 0.3) is 15.9 Å². The van der Waals surface area contributed by atoms with E-state index in [1.165, 1.54) is 22.5 Å². The minimum atomic E-state index is -3.98. The summed E-state index contributed by atoms with van der Waals surface area (Å²) in [5, 5.41) is 19.6. The van der Waals surface area contributed by atoms with Crippen molar-refractivity contribution >= 4 is 39.0 Å². The number of aliphatic hydroxyl groups is 1. The highest BCUT2D eigenvalue weighted by atomic mass is 32.2. The first-order valence-corrected chi connectivity index (χ1v) is 11.4. The van der Waals surface area contributed by atoms with Gasteiger partial charge in [0, 0.05) is 5.38 Å². The van der Waals surface area contributed by atoms with E-state index in [-0.39, 0.29) is 28.6 Å². The average Bonchev–Trinajstić information content (AvgIpc) is 3.30. The third-order valence-corrected chi connectivity index (χ3v) is 7.17. The van der Waals surface area contributed by atoms with Gasteiger partial charge in [-0.1, -0.05) is 29.5 Å². The predicted octanol–water partition coefficient (Wildman–Crippen LogP) is 2.07. The first-order valence-electron chi connectivity index (χ1n) is 9.15. The molecule has 3 aliphatic rings. The number of amides is 1. The second-order valence-electron chi connectivity index (χ2n) is 7.32. The Balaban J connectivity index is 1.54. The molecule has 2 aromatic rings. The van der Waals surface area contributed by atoms with Gasteiger partial charge in [0.15, 0.2) is 5.84 Å². The summed E-state index contributed by atoms with van der Waals surface area (Å²) in [5.74, 6) is -0.324. The fourth-order valence-electron chi connectivity index (χ4n) is 3.67. The Morgan fingerprint density at radius 2 is 2.07 bits per heavy atom. The van der Waals surface area contributed by atoms with E-state index < -0.39 is 22.0 Å². The molecule has 1 saturated carbocycles. The SMILES string of the molecule is O=C1C(C2=NS(=O)(=O)c3ccccc3N2)=C(O)[C@H](CC2CC2)N1Cc1csnn1. The third kappa shape index (κ3) is 3.19. The van der Waals surface area contributed by atoms with Crippen LogP contribution in [0.25, 0.3) is 0 Å². The van der Waals surface area contributed by atoms with E-state index in [4.69, 9.17) is 0 Å². The van der Waals surface area contributed by atoms with Crippen molar-refractivity contribution in [1.82, 2.24) is 14.5 Å². The molecule has 0 radical (unpaired) electrons. The Morgan fingerprint density at radius 3 is 2.79 bits per heavy atom. The molecule has 11 heteroatoms. The molecule has 1 fully saturated rings. The monoisotopic (exact) mass is 431 g/mol. The van der Waals surface area contributed by atoms with E-state index in [1.54, 1.807) is 23.6 Å². The molecule has 5 rings (SSSR count). The molecule has 9 nitrogen and oxygen atoms in total. The molecule has 150 valence electrons. The zero-order chi connectivity index (χ0) is 20.2. The zero-order valence-electron chi connectivity index (χ0n) is 15.1. The molecule has 0 unspecified atom stereocenters. The summed E-state index contributed by atoms with van der Waals surface area (Å²) in [5.41, 5.74) is 0.845. The quantitative estimate of drug-likeness (QED) is 0.742. The largest absolute Gasteiger partial charge is 0.509 e. The number of carbonyl (C=O) groups excluding carboxylic acids is 1. The van der Waals surface area contributed by atoms with E-state index in [1.807, 2.05) is 0 Å². The van der Waals surface area contributed by atoms with Gasteiger partial charge in [0.05, 0.1) is 24.0 Å². The van der Waals surface area contributed by atoms with Crippen LogP contribution in [0.5, 0.6) is 0 Å². The second kappa shape index (κ2) is 6.63. The summed E-state index contributed by atoms with van der Waals surface area (Å²) in [7, 11) is -3.98. The Morgan fingerprint density at radius 1 is 1.28 bits per heavy atom. The minimum absolute atomic E-state index is 0.0363. The molecule has 2 N–H and O–H groups in total. The number of amidine groups is 1. The van der Waals surface area contributed by atoms with Crippen molar-refractivity contribution < 1.29 is 18.3 Å². The second-order valence-corrected chi connectivity index (χ2v) is 9.50. The smallest absolute Gasteiger partial charge is 0.286 e. The molecule has 0 spiro atoms. The van der Waals surface area contributed by atoms with Crippen LogP contribution < -0.4 is 5.32 Å². The molecule has 1 aliphatic carbocycles. The molecule has 2 aliphatic heterocycles. The van der Waals surface area contributed by atoms with Crippen molar-refractivity contribution in [1.29, 1.82) is 0 Å². The number of sulfonamides is 1. The van der Waals surface area contributed by atoms with E-state index in [9.17, 15) is 18.3 Å². The van der Waals surface area contributed by atoms with Crippen LogP contribution in [0.4, 0.5) is 5.69 Å². The van der Waals surface area contributed by atoms with Crippen molar-refractivity contribution in [3.63, 3.8) is 0 Å². The molecular weight excluding hydrogens is 414 g/mol. The molecule has 0 bridgehead atoms. The molecule has 0 saturated heterocycles. The number of para-hydroxylation sites is 1. The maximum Gasteiger partial charge on any atom is 0.286 e. The number of nitrogens with zero attached hydrogens (tertiary/aromatic N) is 4. The fraction of sp³-hybridized carbons (Fsp3) is 0.333. The van der Waals surface area contributed by atoms with E-state index >= 15 is 0 Å². The lowest BCUT2D eigenvalue weighted by atomic mass is 10.1. The average molecular weight is 431 g/mol. The molecule has 29 heavy (non-hydrogen) atoms. The lowest BCUT2D eigenvalue weighted by molar-refractivity contribution is -0.127. The molecule has 1 aromatic heterocycles. The lowest BCUT2D eigenvalue weighted by Crippen LogP contribution is -2.37. The lowest BCUT2D eigenvalue weighted by Gasteiger charge is -2.24. The van der Waals surface area contributed by atoms with Crippen LogP contribution >= 0.6 is 11.5 Å². The van der Waals surface area contributed by atoms with Gasteiger partial charge in [-0.3, -0.25) is 4.79 Å². The molecule has 3 heterocycles. The number of rotatable bonds is 5. The summed E-state index contributed by atoms with van der Waals surface area (Å²) in [4.78, 5) is 14.8. The number of nitrogens with one attached hydrogen (secondary N) is 1. The molecule has 1 aromatic carbocycles. The molecule has 1 amide bonds. The Kier molecular flexibility index (Phi) is 4.17. The number of aliphatic hydroxyl groups excluding tert-OH is 1. The van der Waals surface area contributed by atoms with Gasteiger partial charge < -0.3 is 15.3 Å². The highest BCUT2D eigenvalue weighted by molar-refractivity contribution is 7.90. The van der Waals surface area contributed by atoms with Crippen LogP contribution in [0.2, 0.25) is 0 Å². The van der Waals surface area contributed by atoms with Crippen LogP contribution in [-0.4, -0.2) is 45.8 Å². The number of aromatic nitrogens is 2. The Labute approximate surface area is 171 Å². The van der Waals surface area contributed by atoms with E-state index in [0.29, 0.717) is 23.7 Å². The van der Waals surface area contributed by atoms with Crippen LogP contribution in [0, 0.1) is 5.92 Å². The molecule has 1 atom stereocenters. The first-order chi connectivity index (χ1) is 13.9. The fourth-order valence-corrected chi connectivity index (χ4v) is 5.24. The van der Waals surface area contributed by atoms with Crippen molar-refractivity contribution in [3.05, 3.63) is 46.7 Å². The Bertz CT molecular complexity index is 1150. The Hall–Kier alpha value is -2.79. The van der Waals surface area contributed by atoms with Gasteiger partial charge in [-0.05, 0) is 36.0 Å². The van der Waals surface area contributed by atoms with E-state index in [0.717, 1.165) is 12.8 Å². The van der Waals surface area contributed by atoms with Crippen molar-refractivity contribution in [3.8, 4) is 0 Å². The van der Waals surface area contributed by atoms with E-state index in [2.05, 4.69) is 19.3 Å². The summed E-state index contributed by atoms with van der Waals surface area (Å²) in [6.07, 6.45) is 2.73. The van der Waals surface area contributed by atoms with Gasteiger partial charge in [0.2, 0.25) is 0 Å². The normalized spacial score (nSPS) is 23.0. The van der Waals surface area contributed by atoms with Gasteiger partial charge in [-0.2, -0.15) is 8.42 Å². The minimum Gasteiger partial charge on any atom is -0.509 e. The third-order valence-electron chi connectivity index (χ3n) is 5.28. The van der Waals surface area contributed by atoms with Crippen LogP contribution in [0.15, 0.2) is 50.3 Å². The number of hydrogen-bond acceptors (Lipinski definition) is 8. The van der Waals surface area contributed by atoms with Gasteiger partial charge in [0.1, 0.15) is 16.2 Å². The van der Waals surface area contributed by atoms with Gasteiger partial charge in [-0.25, -0.2) is 0 Å². The highest BCUT2D eigenvalue weighted by Gasteiger charge is 2.45. The summed E-state index contributed by atoms with van der Waals surface area (Å²) >= 11 is 1.18. The standard InChI is InChI=1S/C18H17N5O4S2/c24-16-13(7-10-5-6-10)23(8-11-9-28-22-20-11)18(25)15(16)17-19-12-3-1-2-4-14(12)29(26,27)21-17/h1-4,9-10,13,24H,5-8H2,(H,19,21)/t13-/m0/s1.